The molecular formula is C27H30BrF3N6O6. The highest BCUT2D eigenvalue weighted by Gasteiger charge is 2.52. The Hall–Kier alpha value is -3.15. The van der Waals surface area contributed by atoms with Gasteiger partial charge in [0.15, 0.2) is 17.8 Å². The third-order valence-corrected chi connectivity index (χ3v) is 6.98. The molecule has 3 aromatic rings. The third-order valence-electron chi connectivity index (χ3n) is 6.55. The minimum absolute atomic E-state index is 0.00255. The Bertz CT molecular complexity index is 1450. The summed E-state index contributed by atoms with van der Waals surface area (Å²) in [6, 6.07) is 9.23. The molecule has 12 nitrogen and oxygen atoms in total. The smallest absolute Gasteiger partial charge is 0.435 e. The van der Waals surface area contributed by atoms with Gasteiger partial charge < -0.3 is 24.1 Å². The number of halogens is 4. The maximum absolute atomic E-state index is 14.0. The molecule has 6 atom stereocenters. The molecule has 1 amide bonds. The summed E-state index contributed by atoms with van der Waals surface area (Å²) in [4.78, 5) is 20.4. The first-order chi connectivity index (χ1) is 20.2. The van der Waals surface area contributed by atoms with E-state index in [-0.39, 0.29) is 22.7 Å². The van der Waals surface area contributed by atoms with Gasteiger partial charge in [-0.25, -0.2) is 24.9 Å². The summed E-state index contributed by atoms with van der Waals surface area (Å²) >= 11 is 3.17. The molecule has 1 aromatic carbocycles. The number of ether oxygens (including phenoxy) is 4. The number of aliphatic hydroxyl groups excluding tert-OH is 1. The average molecular weight is 671 g/mol. The van der Waals surface area contributed by atoms with Gasteiger partial charge in [-0.3, -0.25) is 5.43 Å². The van der Waals surface area contributed by atoms with Gasteiger partial charge in [0, 0.05) is 16.2 Å². The van der Waals surface area contributed by atoms with E-state index in [1.54, 1.807) is 20.8 Å². The lowest BCUT2D eigenvalue weighted by Gasteiger charge is -2.48. The molecule has 5 rings (SSSR count). The Kier molecular flexibility index (Phi) is 8.79. The highest BCUT2D eigenvalue weighted by molar-refractivity contribution is 9.10. The first kappa shape index (κ1) is 31.3. The third kappa shape index (κ3) is 6.99. The minimum atomic E-state index is -4.82. The zero-order chi connectivity index (χ0) is 31.1. The van der Waals surface area contributed by atoms with Gasteiger partial charge in [0.2, 0.25) is 0 Å². The fourth-order valence-electron chi connectivity index (χ4n) is 4.84. The lowest BCUT2D eigenvalue weighted by molar-refractivity contribution is -0.313. The number of hydrogen-bond donors (Lipinski definition) is 3. The van der Waals surface area contributed by atoms with Crippen molar-refractivity contribution in [1.29, 1.82) is 0 Å². The lowest BCUT2D eigenvalue weighted by Crippen LogP contribution is -2.66. The monoisotopic (exact) mass is 670 g/mol. The van der Waals surface area contributed by atoms with E-state index in [1.165, 1.54) is 13.0 Å². The van der Waals surface area contributed by atoms with Crippen molar-refractivity contribution in [3.05, 3.63) is 70.0 Å². The molecule has 3 N–H and O–H groups in total. The Balaban J connectivity index is 1.50. The second-order valence-electron chi connectivity index (χ2n) is 11.0. The van der Waals surface area contributed by atoms with Crippen molar-refractivity contribution in [2.45, 2.75) is 76.2 Å². The van der Waals surface area contributed by atoms with Crippen molar-refractivity contribution >= 4 is 22.0 Å². The first-order valence-electron chi connectivity index (χ1n) is 13.3. The molecule has 2 fully saturated rings. The summed E-state index contributed by atoms with van der Waals surface area (Å²) in [5.74, 6) is 0.000740. The van der Waals surface area contributed by atoms with E-state index in [0.717, 1.165) is 10.9 Å². The topological polar surface area (TPSA) is 142 Å². The molecule has 43 heavy (non-hydrogen) atoms. The standard InChI is InChI=1S/C27H30BrF3N6O6/c1-13-33-23(37(36-13)16-10-15(28)11-32-22(16)27(29,30)31)21-19(38)18(34-35-25(39)43-26(2,3)4)20-17(41-21)12-40-24(42-20)14-8-6-5-7-9-14/h5-11,17-21,24,34,38H,12H2,1-4H3,(H,35,39)/t17-,18-,19-,20+,21-,24?/m1/s1. The number of nitrogens with one attached hydrogen (secondary N) is 2. The number of hydrogen-bond acceptors (Lipinski definition) is 10. The van der Waals surface area contributed by atoms with Crippen LogP contribution in [0.15, 0.2) is 47.1 Å². The number of aromatic nitrogens is 4. The van der Waals surface area contributed by atoms with Crippen LogP contribution in [-0.2, 0) is 25.1 Å². The van der Waals surface area contributed by atoms with Gasteiger partial charge in [0.1, 0.15) is 35.8 Å². The Morgan fingerprint density at radius 1 is 1.19 bits per heavy atom. The fourth-order valence-corrected chi connectivity index (χ4v) is 5.16. The van der Waals surface area contributed by atoms with Crippen LogP contribution in [-0.4, -0.2) is 67.5 Å². The average Bonchev–Trinajstić information content (AvgIpc) is 3.32. The van der Waals surface area contributed by atoms with Crippen LogP contribution in [0.1, 0.15) is 56.1 Å². The summed E-state index contributed by atoms with van der Waals surface area (Å²) in [6.07, 6.45) is -9.98. The van der Waals surface area contributed by atoms with E-state index in [0.29, 0.717) is 5.56 Å². The van der Waals surface area contributed by atoms with E-state index in [1.807, 2.05) is 30.3 Å². The predicted octanol–water partition coefficient (Wildman–Crippen LogP) is 4.06. The number of carbonyl (C=O) groups excluding carboxylic acids is 1. The van der Waals surface area contributed by atoms with E-state index in [4.69, 9.17) is 18.9 Å². The number of benzene rings is 1. The number of carbonyl (C=O) groups is 1. The number of hydrazine groups is 1. The molecule has 4 heterocycles. The largest absolute Gasteiger partial charge is 0.443 e. The molecule has 0 aliphatic carbocycles. The molecule has 16 heteroatoms. The van der Waals surface area contributed by atoms with E-state index in [9.17, 15) is 23.1 Å². The van der Waals surface area contributed by atoms with Crippen molar-refractivity contribution in [2.24, 2.45) is 0 Å². The molecule has 1 unspecified atom stereocenters. The second-order valence-corrected chi connectivity index (χ2v) is 11.9. The normalized spacial score (nSPS) is 26.1. The Labute approximate surface area is 253 Å². The van der Waals surface area contributed by atoms with Crippen molar-refractivity contribution in [1.82, 2.24) is 30.6 Å². The van der Waals surface area contributed by atoms with Crippen LogP contribution in [0.5, 0.6) is 0 Å². The minimum Gasteiger partial charge on any atom is -0.443 e. The molecule has 2 aliphatic rings. The van der Waals surface area contributed by atoms with Crippen LogP contribution in [0.4, 0.5) is 18.0 Å². The molecule has 0 saturated carbocycles. The zero-order valence-electron chi connectivity index (χ0n) is 23.5. The molecule has 232 valence electrons. The van der Waals surface area contributed by atoms with Crippen LogP contribution >= 0.6 is 15.9 Å². The molecule has 0 spiro atoms. The summed E-state index contributed by atoms with van der Waals surface area (Å²) < 4.78 is 66.7. The lowest BCUT2D eigenvalue weighted by atomic mass is 9.91. The van der Waals surface area contributed by atoms with Gasteiger partial charge in [-0.05, 0) is 49.7 Å². The molecular weight excluding hydrogens is 641 g/mol. The van der Waals surface area contributed by atoms with Gasteiger partial charge in [0.05, 0.1) is 18.3 Å². The number of aliphatic hydroxyl groups is 1. The number of aryl methyl sites for hydroxylation is 1. The SMILES string of the molecule is Cc1nc([C@@H]2O[C@@H]3COC(c4ccccc4)O[C@@H]3[C@H](NNC(=O)OC(C)(C)C)[C@H]2O)n(-c2cc(Br)cnc2C(F)(F)F)n1. The van der Waals surface area contributed by atoms with Gasteiger partial charge in [-0.1, -0.05) is 30.3 Å². The zero-order valence-corrected chi connectivity index (χ0v) is 25.1. The summed E-state index contributed by atoms with van der Waals surface area (Å²) in [7, 11) is 0. The molecule has 2 saturated heterocycles. The van der Waals surface area contributed by atoms with Crippen molar-refractivity contribution in [3.63, 3.8) is 0 Å². The number of pyridine rings is 1. The Morgan fingerprint density at radius 2 is 1.91 bits per heavy atom. The number of alkyl halides is 3. The maximum Gasteiger partial charge on any atom is 0.435 e. The van der Waals surface area contributed by atoms with Crippen LogP contribution in [0, 0.1) is 6.92 Å². The number of rotatable bonds is 5. The first-order valence-corrected chi connectivity index (χ1v) is 14.1. The number of amides is 1. The van der Waals surface area contributed by atoms with E-state index >= 15 is 0 Å². The van der Waals surface area contributed by atoms with Gasteiger partial charge in [0.25, 0.3) is 0 Å². The number of nitrogens with zero attached hydrogens (tertiary/aromatic N) is 4. The van der Waals surface area contributed by atoms with Gasteiger partial charge in [-0.2, -0.15) is 18.3 Å². The quantitative estimate of drug-likeness (QED) is 0.340. The highest BCUT2D eigenvalue weighted by Crippen LogP contribution is 2.40. The molecule has 2 aromatic heterocycles. The fraction of sp³-hybridized carbons (Fsp3) is 0.481. The summed E-state index contributed by atoms with van der Waals surface area (Å²) in [5, 5.41) is 15.8. The van der Waals surface area contributed by atoms with Crippen LogP contribution in [0.25, 0.3) is 5.69 Å². The molecule has 2 aliphatic heterocycles. The van der Waals surface area contributed by atoms with Gasteiger partial charge >= 0.3 is 12.3 Å². The van der Waals surface area contributed by atoms with Gasteiger partial charge in [-0.15, -0.1) is 0 Å². The molecule has 0 radical (unpaired) electrons. The van der Waals surface area contributed by atoms with Crippen LogP contribution in [0.2, 0.25) is 0 Å². The predicted molar refractivity (Wildman–Crippen MR) is 147 cm³/mol. The summed E-state index contributed by atoms with van der Waals surface area (Å²) in [5.41, 5.74) is 3.50. The van der Waals surface area contributed by atoms with E-state index < -0.39 is 66.0 Å². The number of fused-ring (bicyclic) bond motifs is 1. The van der Waals surface area contributed by atoms with Crippen molar-refractivity contribution in [3.8, 4) is 5.69 Å². The van der Waals surface area contributed by atoms with Crippen LogP contribution < -0.4 is 10.9 Å². The summed E-state index contributed by atoms with van der Waals surface area (Å²) in [6.45, 7) is 6.56. The van der Waals surface area contributed by atoms with Crippen molar-refractivity contribution in [2.75, 3.05) is 6.61 Å². The highest BCUT2D eigenvalue weighted by atomic mass is 79.9. The maximum atomic E-state index is 14.0. The van der Waals surface area contributed by atoms with Crippen molar-refractivity contribution < 1.29 is 42.0 Å². The van der Waals surface area contributed by atoms with Crippen LogP contribution in [0.3, 0.4) is 0 Å². The Morgan fingerprint density at radius 3 is 2.58 bits per heavy atom. The molecule has 0 bridgehead atoms. The van der Waals surface area contributed by atoms with E-state index in [2.05, 4.69) is 41.8 Å². The second kappa shape index (κ2) is 12.1.